The Balaban J connectivity index is 0.00000338. The zero-order valence-electron chi connectivity index (χ0n) is 15.4. The molecule has 4 N–H and O–H groups in total. The first-order valence-electron chi connectivity index (χ1n) is 8.35. The van der Waals surface area contributed by atoms with E-state index in [1.807, 2.05) is 0 Å². The van der Waals surface area contributed by atoms with Crippen LogP contribution in [-0.2, 0) is 16.4 Å². The lowest BCUT2D eigenvalue weighted by molar-refractivity contribution is 0.584. The smallest absolute Gasteiger partial charge is 0.208 e. The fraction of sp³-hybridized carbons (Fsp3) is 0.471. The summed E-state index contributed by atoms with van der Waals surface area (Å²) in [4.78, 5) is 7.49. The predicted octanol–water partition coefficient (Wildman–Crippen LogP) is 1.74. The number of sulfonamides is 1. The van der Waals surface area contributed by atoms with Crippen molar-refractivity contribution in [3.05, 3.63) is 35.5 Å². The van der Waals surface area contributed by atoms with Crippen LogP contribution in [0.3, 0.4) is 0 Å². The molecule has 0 spiro atoms. The van der Waals surface area contributed by atoms with Crippen molar-refractivity contribution in [2.45, 2.75) is 19.8 Å². The lowest BCUT2D eigenvalue weighted by atomic mass is 10.1. The largest absolute Gasteiger partial charge is 0.361 e. The van der Waals surface area contributed by atoms with Gasteiger partial charge in [0.15, 0.2) is 5.96 Å². The quantitative estimate of drug-likeness (QED) is 0.195. The molecule has 0 aliphatic carbocycles. The molecule has 7 nitrogen and oxygen atoms in total. The molecule has 0 bridgehead atoms. The third-order valence-electron chi connectivity index (χ3n) is 3.84. The first-order chi connectivity index (χ1) is 11.9. The number of halogens is 1. The van der Waals surface area contributed by atoms with Gasteiger partial charge in [0.25, 0.3) is 0 Å². The van der Waals surface area contributed by atoms with Crippen LogP contribution < -0.4 is 15.4 Å². The van der Waals surface area contributed by atoms with Crippen molar-refractivity contribution in [1.82, 2.24) is 20.3 Å². The number of hydrogen-bond acceptors (Lipinski definition) is 3. The molecule has 0 saturated carbocycles. The van der Waals surface area contributed by atoms with Gasteiger partial charge in [-0.25, -0.2) is 13.1 Å². The molecular weight excluding hydrogens is 465 g/mol. The van der Waals surface area contributed by atoms with E-state index in [4.69, 9.17) is 0 Å². The maximum Gasteiger partial charge on any atom is 0.208 e. The first kappa shape index (κ1) is 22.7. The molecule has 0 fully saturated rings. The van der Waals surface area contributed by atoms with Gasteiger partial charge in [-0.15, -0.1) is 24.0 Å². The van der Waals surface area contributed by atoms with E-state index in [2.05, 4.69) is 56.7 Å². The zero-order chi connectivity index (χ0) is 18.3. The molecule has 146 valence electrons. The average molecular weight is 493 g/mol. The summed E-state index contributed by atoms with van der Waals surface area (Å²) in [5.74, 6) is 0.718. The number of hydrogen-bond donors (Lipinski definition) is 4. The van der Waals surface area contributed by atoms with Crippen LogP contribution in [0.4, 0.5) is 0 Å². The Labute approximate surface area is 172 Å². The minimum Gasteiger partial charge on any atom is -0.361 e. The Morgan fingerprint density at radius 3 is 2.62 bits per heavy atom. The lowest BCUT2D eigenvalue weighted by Crippen LogP contribution is -2.39. The van der Waals surface area contributed by atoms with Crippen molar-refractivity contribution >= 4 is 50.9 Å². The number of aromatic amines is 1. The Bertz CT molecular complexity index is 833. The first-order valence-corrected chi connectivity index (χ1v) is 10.2. The Kier molecular flexibility index (Phi) is 9.37. The number of benzene rings is 1. The normalized spacial score (nSPS) is 12.0. The summed E-state index contributed by atoms with van der Waals surface area (Å²) in [7, 11) is -1.40. The highest BCUT2D eigenvalue weighted by molar-refractivity contribution is 14.0. The molecule has 1 aromatic heterocycles. The number of nitrogens with zero attached hydrogens (tertiary/aromatic N) is 1. The predicted molar refractivity (Wildman–Crippen MR) is 119 cm³/mol. The van der Waals surface area contributed by atoms with Crippen molar-refractivity contribution in [1.29, 1.82) is 0 Å². The number of aromatic nitrogens is 1. The number of nitrogens with one attached hydrogen (secondary N) is 4. The number of guanidine groups is 1. The third kappa shape index (κ3) is 7.50. The van der Waals surface area contributed by atoms with Crippen LogP contribution in [0.5, 0.6) is 0 Å². The molecule has 0 aliphatic heterocycles. The van der Waals surface area contributed by atoms with E-state index in [0.717, 1.165) is 30.7 Å². The minimum absolute atomic E-state index is 0. The zero-order valence-corrected chi connectivity index (χ0v) is 18.6. The van der Waals surface area contributed by atoms with Gasteiger partial charge in [-0.05, 0) is 37.0 Å². The van der Waals surface area contributed by atoms with Crippen LogP contribution in [0.15, 0.2) is 29.4 Å². The highest BCUT2D eigenvalue weighted by Crippen LogP contribution is 2.19. The van der Waals surface area contributed by atoms with E-state index < -0.39 is 10.0 Å². The molecule has 0 saturated heterocycles. The van der Waals surface area contributed by atoms with Crippen molar-refractivity contribution < 1.29 is 8.42 Å². The molecule has 0 atom stereocenters. The number of H-pyrrole nitrogens is 1. The second-order valence-electron chi connectivity index (χ2n) is 6.06. The molecule has 2 aromatic rings. The van der Waals surface area contributed by atoms with Gasteiger partial charge in [-0.2, -0.15) is 0 Å². The summed E-state index contributed by atoms with van der Waals surface area (Å²) in [5, 5.41) is 7.71. The van der Waals surface area contributed by atoms with E-state index in [0.29, 0.717) is 19.5 Å². The van der Waals surface area contributed by atoms with Gasteiger partial charge in [0.2, 0.25) is 10.0 Å². The van der Waals surface area contributed by atoms with Crippen molar-refractivity contribution in [3.63, 3.8) is 0 Å². The van der Waals surface area contributed by atoms with Gasteiger partial charge in [0.1, 0.15) is 0 Å². The van der Waals surface area contributed by atoms with E-state index in [-0.39, 0.29) is 24.0 Å². The monoisotopic (exact) mass is 493 g/mol. The number of aryl methyl sites for hydroxylation is 1. The molecule has 9 heteroatoms. The molecule has 1 aromatic carbocycles. The highest BCUT2D eigenvalue weighted by atomic mass is 127. The number of fused-ring (bicyclic) bond motifs is 1. The molecule has 26 heavy (non-hydrogen) atoms. The van der Waals surface area contributed by atoms with Crippen LogP contribution in [0.25, 0.3) is 10.9 Å². The van der Waals surface area contributed by atoms with Crippen molar-refractivity contribution in [3.8, 4) is 0 Å². The summed E-state index contributed by atoms with van der Waals surface area (Å²) in [6.45, 7) is 3.91. The molecule has 0 amide bonds. The minimum atomic E-state index is -3.12. The second-order valence-corrected chi connectivity index (χ2v) is 7.89. The molecule has 1 heterocycles. The average Bonchev–Trinajstić information content (AvgIpc) is 2.94. The summed E-state index contributed by atoms with van der Waals surface area (Å²) in [5.41, 5.74) is 3.68. The van der Waals surface area contributed by atoms with Crippen LogP contribution in [0.2, 0.25) is 0 Å². The second kappa shape index (κ2) is 10.7. The molecule has 2 rings (SSSR count). The summed E-state index contributed by atoms with van der Waals surface area (Å²) in [6, 6.07) is 6.42. The SMILES string of the molecule is CN=C(NCCCNS(C)(=O)=O)NCCc1c[nH]c2cc(C)ccc12.I. The fourth-order valence-corrected chi connectivity index (χ4v) is 3.11. The Morgan fingerprint density at radius 1 is 1.19 bits per heavy atom. The van der Waals surface area contributed by atoms with Crippen LogP contribution in [0, 0.1) is 6.92 Å². The standard InChI is InChI=1S/C17H27N5O2S.HI/c1-13-5-6-15-14(12-21-16(15)11-13)7-10-20-17(18-2)19-8-4-9-22-25(3,23)24;/h5-6,11-12,21-22H,4,7-10H2,1-3H3,(H2,18,19,20);1H. The molecule has 0 radical (unpaired) electrons. The lowest BCUT2D eigenvalue weighted by Gasteiger charge is -2.11. The van der Waals surface area contributed by atoms with E-state index in [1.54, 1.807) is 7.05 Å². The van der Waals surface area contributed by atoms with Crippen LogP contribution in [-0.4, -0.2) is 52.3 Å². The summed E-state index contributed by atoms with van der Waals surface area (Å²) in [6.07, 6.45) is 4.79. The van der Waals surface area contributed by atoms with Gasteiger partial charge >= 0.3 is 0 Å². The van der Waals surface area contributed by atoms with Gasteiger partial charge in [-0.1, -0.05) is 12.1 Å². The van der Waals surface area contributed by atoms with E-state index in [9.17, 15) is 8.42 Å². The van der Waals surface area contributed by atoms with Crippen LogP contribution >= 0.6 is 24.0 Å². The number of rotatable bonds is 8. The Hall–Kier alpha value is -1.33. The van der Waals surface area contributed by atoms with Gasteiger partial charge in [-0.3, -0.25) is 4.99 Å². The van der Waals surface area contributed by atoms with Crippen molar-refractivity contribution in [2.75, 3.05) is 32.9 Å². The van der Waals surface area contributed by atoms with Crippen molar-refractivity contribution in [2.24, 2.45) is 4.99 Å². The van der Waals surface area contributed by atoms with E-state index >= 15 is 0 Å². The third-order valence-corrected chi connectivity index (χ3v) is 4.57. The highest BCUT2D eigenvalue weighted by Gasteiger charge is 2.04. The summed E-state index contributed by atoms with van der Waals surface area (Å²) >= 11 is 0. The van der Waals surface area contributed by atoms with Crippen LogP contribution in [0.1, 0.15) is 17.5 Å². The Morgan fingerprint density at radius 2 is 1.92 bits per heavy atom. The topological polar surface area (TPSA) is 98.4 Å². The van der Waals surface area contributed by atoms with E-state index in [1.165, 1.54) is 16.5 Å². The molecule has 0 aliphatic rings. The van der Waals surface area contributed by atoms with Gasteiger partial charge < -0.3 is 15.6 Å². The fourth-order valence-electron chi connectivity index (χ4n) is 2.60. The number of aliphatic imine (C=N–C) groups is 1. The maximum absolute atomic E-state index is 11.0. The summed E-state index contributed by atoms with van der Waals surface area (Å²) < 4.78 is 24.4. The van der Waals surface area contributed by atoms with Gasteiger partial charge in [0.05, 0.1) is 6.26 Å². The molecular formula is C17H28IN5O2S. The molecule has 0 unspecified atom stereocenters. The maximum atomic E-state index is 11.0. The van der Waals surface area contributed by atoms with Gasteiger partial charge in [0, 0.05) is 43.8 Å².